The summed E-state index contributed by atoms with van der Waals surface area (Å²) in [5, 5.41) is 13.7. The molecule has 0 aliphatic carbocycles. The molecule has 0 spiro atoms. The molecule has 5 nitrogen and oxygen atoms in total. The third kappa shape index (κ3) is 3.57. The summed E-state index contributed by atoms with van der Waals surface area (Å²) in [5.41, 5.74) is 1.43. The molecule has 122 valence electrons. The van der Waals surface area contributed by atoms with Gasteiger partial charge in [0.05, 0.1) is 18.4 Å². The predicted molar refractivity (Wildman–Crippen MR) is 91.1 cm³/mol. The fraction of sp³-hybridized carbons (Fsp3) is 0.412. The Labute approximate surface area is 140 Å². The molecule has 1 saturated heterocycles. The summed E-state index contributed by atoms with van der Waals surface area (Å²) in [5.74, 6) is 0.344. The van der Waals surface area contributed by atoms with Gasteiger partial charge in [-0.25, -0.2) is 4.68 Å². The molecule has 2 heterocycles. The third-order valence-corrected chi connectivity index (χ3v) is 4.71. The number of hydrogen-bond acceptors (Lipinski definition) is 4. The SMILES string of the molecule is O=c1c(Cl)c(N2CCC(CO)CC2)cnn1Cc1ccccc1. The number of hydrogen-bond donors (Lipinski definition) is 1. The number of nitrogens with zero attached hydrogens (tertiary/aromatic N) is 3. The van der Waals surface area contributed by atoms with Gasteiger partial charge >= 0.3 is 0 Å². The van der Waals surface area contributed by atoms with Gasteiger partial charge in [0.1, 0.15) is 5.02 Å². The average molecular weight is 334 g/mol. The molecule has 0 unspecified atom stereocenters. The Balaban J connectivity index is 1.80. The second-order valence-electron chi connectivity index (χ2n) is 5.91. The van der Waals surface area contributed by atoms with Crippen LogP contribution in [-0.4, -0.2) is 34.6 Å². The quantitative estimate of drug-likeness (QED) is 0.931. The number of rotatable bonds is 4. The van der Waals surface area contributed by atoms with Gasteiger partial charge < -0.3 is 10.0 Å². The third-order valence-electron chi connectivity index (χ3n) is 4.36. The second kappa shape index (κ2) is 7.15. The highest BCUT2D eigenvalue weighted by atomic mass is 35.5. The van der Waals surface area contributed by atoms with Crippen LogP contribution in [0.15, 0.2) is 41.3 Å². The first-order valence-electron chi connectivity index (χ1n) is 7.84. The summed E-state index contributed by atoms with van der Waals surface area (Å²) in [7, 11) is 0. The molecule has 0 bridgehead atoms. The van der Waals surface area contributed by atoms with Crippen LogP contribution in [0.25, 0.3) is 0 Å². The van der Waals surface area contributed by atoms with Crippen LogP contribution in [0.3, 0.4) is 0 Å². The summed E-state index contributed by atoms with van der Waals surface area (Å²) >= 11 is 6.30. The minimum atomic E-state index is -0.266. The Morgan fingerprint density at radius 2 is 1.91 bits per heavy atom. The van der Waals surface area contributed by atoms with Crippen LogP contribution < -0.4 is 10.5 Å². The average Bonchev–Trinajstić information content (AvgIpc) is 2.60. The summed E-state index contributed by atoms with van der Waals surface area (Å²) in [6, 6.07) is 9.71. The first-order valence-corrected chi connectivity index (χ1v) is 8.22. The van der Waals surface area contributed by atoms with Gasteiger partial charge in [-0.05, 0) is 24.3 Å². The normalized spacial score (nSPS) is 15.8. The topological polar surface area (TPSA) is 58.4 Å². The lowest BCUT2D eigenvalue weighted by Gasteiger charge is -2.33. The van der Waals surface area contributed by atoms with Crippen molar-refractivity contribution in [3.8, 4) is 0 Å². The zero-order valence-corrected chi connectivity index (χ0v) is 13.6. The van der Waals surface area contributed by atoms with Crippen molar-refractivity contribution in [1.29, 1.82) is 0 Å². The second-order valence-corrected chi connectivity index (χ2v) is 6.28. The number of aliphatic hydroxyl groups excluding tert-OH is 1. The van der Waals surface area contributed by atoms with Crippen LogP contribution in [0, 0.1) is 5.92 Å². The van der Waals surface area contributed by atoms with E-state index in [1.165, 1.54) is 4.68 Å². The maximum atomic E-state index is 12.5. The lowest BCUT2D eigenvalue weighted by molar-refractivity contribution is 0.203. The van der Waals surface area contributed by atoms with Gasteiger partial charge in [0, 0.05) is 19.7 Å². The molecular formula is C17H20ClN3O2. The molecule has 1 fully saturated rings. The summed E-state index contributed by atoms with van der Waals surface area (Å²) in [6.07, 6.45) is 3.48. The van der Waals surface area contributed by atoms with E-state index in [4.69, 9.17) is 11.6 Å². The number of benzene rings is 1. The molecule has 0 atom stereocenters. The van der Waals surface area contributed by atoms with E-state index in [9.17, 15) is 9.90 Å². The van der Waals surface area contributed by atoms with E-state index >= 15 is 0 Å². The van der Waals surface area contributed by atoms with Gasteiger partial charge in [-0.1, -0.05) is 41.9 Å². The summed E-state index contributed by atoms with van der Waals surface area (Å²) in [6.45, 7) is 2.20. The van der Waals surface area contributed by atoms with Crippen molar-refractivity contribution in [3.05, 3.63) is 57.5 Å². The summed E-state index contributed by atoms with van der Waals surface area (Å²) in [4.78, 5) is 14.5. The molecule has 1 aromatic carbocycles. The van der Waals surface area contributed by atoms with E-state index in [0.29, 0.717) is 18.2 Å². The Morgan fingerprint density at radius 1 is 1.22 bits per heavy atom. The van der Waals surface area contributed by atoms with E-state index in [2.05, 4.69) is 10.00 Å². The van der Waals surface area contributed by atoms with Crippen LogP contribution in [0.2, 0.25) is 5.02 Å². The first kappa shape index (κ1) is 16.0. The van der Waals surface area contributed by atoms with Crippen molar-refractivity contribution >= 4 is 17.3 Å². The van der Waals surface area contributed by atoms with Crippen molar-refractivity contribution in [2.24, 2.45) is 5.92 Å². The van der Waals surface area contributed by atoms with Crippen LogP contribution in [-0.2, 0) is 6.54 Å². The van der Waals surface area contributed by atoms with Crippen molar-refractivity contribution in [2.45, 2.75) is 19.4 Å². The Hall–Kier alpha value is -1.85. The minimum absolute atomic E-state index is 0.221. The van der Waals surface area contributed by atoms with Crippen molar-refractivity contribution in [2.75, 3.05) is 24.6 Å². The molecule has 2 aromatic rings. The lowest BCUT2D eigenvalue weighted by atomic mass is 9.98. The number of aromatic nitrogens is 2. The van der Waals surface area contributed by atoms with Gasteiger partial charge in [0.25, 0.3) is 5.56 Å². The molecule has 1 aliphatic heterocycles. The van der Waals surface area contributed by atoms with E-state index in [0.717, 1.165) is 31.5 Å². The van der Waals surface area contributed by atoms with Gasteiger partial charge in [-0.3, -0.25) is 4.79 Å². The molecule has 0 amide bonds. The number of aliphatic hydroxyl groups is 1. The van der Waals surface area contributed by atoms with Gasteiger partial charge in [-0.15, -0.1) is 0 Å². The predicted octanol–water partition coefficient (Wildman–Crippen LogP) is 2.15. The molecule has 1 aromatic heterocycles. The molecule has 1 aliphatic rings. The minimum Gasteiger partial charge on any atom is -0.396 e. The molecule has 6 heteroatoms. The highest BCUT2D eigenvalue weighted by Gasteiger charge is 2.22. The maximum absolute atomic E-state index is 12.5. The number of anilines is 1. The van der Waals surface area contributed by atoms with Crippen molar-refractivity contribution < 1.29 is 5.11 Å². The van der Waals surface area contributed by atoms with Crippen molar-refractivity contribution in [1.82, 2.24) is 9.78 Å². The van der Waals surface area contributed by atoms with E-state index in [1.54, 1.807) is 6.20 Å². The fourth-order valence-corrected chi connectivity index (χ4v) is 3.17. The largest absolute Gasteiger partial charge is 0.396 e. The molecule has 23 heavy (non-hydrogen) atoms. The molecular weight excluding hydrogens is 314 g/mol. The fourth-order valence-electron chi connectivity index (χ4n) is 2.90. The zero-order chi connectivity index (χ0) is 16.2. The van der Waals surface area contributed by atoms with Crippen LogP contribution in [0.1, 0.15) is 18.4 Å². The van der Waals surface area contributed by atoms with Crippen molar-refractivity contribution in [3.63, 3.8) is 0 Å². The highest BCUT2D eigenvalue weighted by Crippen LogP contribution is 2.26. The zero-order valence-electron chi connectivity index (χ0n) is 12.9. The van der Waals surface area contributed by atoms with Gasteiger partial charge in [-0.2, -0.15) is 5.10 Å². The molecule has 0 saturated carbocycles. The Morgan fingerprint density at radius 3 is 2.57 bits per heavy atom. The van der Waals surface area contributed by atoms with Crippen LogP contribution >= 0.6 is 11.6 Å². The molecule has 0 radical (unpaired) electrons. The number of halogens is 1. The maximum Gasteiger partial charge on any atom is 0.287 e. The Bertz CT molecular complexity index is 710. The lowest BCUT2D eigenvalue weighted by Crippen LogP contribution is -2.36. The highest BCUT2D eigenvalue weighted by molar-refractivity contribution is 6.33. The van der Waals surface area contributed by atoms with Gasteiger partial charge in [0.2, 0.25) is 0 Å². The van der Waals surface area contributed by atoms with E-state index in [1.807, 2.05) is 30.3 Å². The van der Waals surface area contributed by atoms with Crippen LogP contribution in [0.5, 0.6) is 0 Å². The Kier molecular flexibility index (Phi) is 4.98. The van der Waals surface area contributed by atoms with Gasteiger partial charge in [0.15, 0.2) is 0 Å². The summed E-state index contributed by atoms with van der Waals surface area (Å²) < 4.78 is 1.39. The number of piperidine rings is 1. The molecule has 3 rings (SSSR count). The van der Waals surface area contributed by atoms with E-state index in [-0.39, 0.29) is 17.2 Å². The standard InChI is InChI=1S/C17H20ClN3O2/c18-16-15(20-8-6-14(12-22)7-9-20)10-19-21(17(16)23)11-13-4-2-1-3-5-13/h1-5,10,14,22H,6-9,11-12H2. The monoisotopic (exact) mass is 333 g/mol. The van der Waals surface area contributed by atoms with E-state index < -0.39 is 0 Å². The van der Waals surface area contributed by atoms with Crippen LogP contribution in [0.4, 0.5) is 5.69 Å². The molecule has 1 N–H and O–H groups in total. The smallest absolute Gasteiger partial charge is 0.287 e. The first-order chi connectivity index (χ1) is 11.2.